The lowest BCUT2D eigenvalue weighted by Gasteiger charge is -2.07. The van der Waals surface area contributed by atoms with Crippen LogP contribution in [0.4, 0.5) is 26.8 Å². The van der Waals surface area contributed by atoms with E-state index in [-0.39, 0.29) is 5.82 Å². The number of rotatable bonds is 3. The monoisotopic (exact) mass is 363 g/mol. The molecule has 0 aliphatic carbocycles. The molecule has 27 heavy (non-hydrogen) atoms. The average molecular weight is 363 g/mol. The van der Waals surface area contributed by atoms with Gasteiger partial charge in [-0.05, 0) is 45.0 Å². The van der Waals surface area contributed by atoms with E-state index < -0.39 is 12.1 Å². The van der Waals surface area contributed by atoms with Crippen LogP contribution in [0, 0.1) is 20.8 Å². The lowest BCUT2D eigenvalue weighted by atomic mass is 10.2. The molecule has 3 amide bonds. The molecule has 3 aromatic rings. The summed E-state index contributed by atoms with van der Waals surface area (Å²) in [7, 11) is 0. The summed E-state index contributed by atoms with van der Waals surface area (Å²) in [6, 6.07) is 15.7. The van der Waals surface area contributed by atoms with Crippen molar-refractivity contribution in [2.45, 2.75) is 20.8 Å². The molecule has 3 rings (SSSR count). The standard InChI is InChI=1S/C20H21N5O2/c1-13-4-8-16(9-5-13)21-19(26)23-18-12-15(3)25(24-18)20(27)22-17-10-6-14(2)7-11-17/h4-12H,1-3H3,(H,22,27)(H2,21,23,24,26). The number of benzene rings is 2. The Morgan fingerprint density at radius 3 is 1.85 bits per heavy atom. The van der Waals surface area contributed by atoms with Crippen LogP contribution in [0.25, 0.3) is 0 Å². The van der Waals surface area contributed by atoms with Gasteiger partial charge in [0.1, 0.15) is 0 Å². The number of aromatic nitrogens is 2. The number of hydrogen-bond donors (Lipinski definition) is 3. The highest BCUT2D eigenvalue weighted by Crippen LogP contribution is 2.13. The van der Waals surface area contributed by atoms with Gasteiger partial charge in [-0.3, -0.25) is 5.32 Å². The Morgan fingerprint density at radius 2 is 1.30 bits per heavy atom. The van der Waals surface area contributed by atoms with E-state index in [0.717, 1.165) is 11.1 Å². The fraction of sp³-hybridized carbons (Fsp3) is 0.150. The minimum atomic E-state index is -0.428. The first-order chi connectivity index (χ1) is 12.9. The molecule has 0 bridgehead atoms. The number of carbonyl (C=O) groups excluding carboxylic acids is 2. The molecule has 0 unspecified atom stereocenters. The van der Waals surface area contributed by atoms with Crippen LogP contribution in [0.3, 0.4) is 0 Å². The zero-order valence-corrected chi connectivity index (χ0v) is 15.4. The lowest BCUT2D eigenvalue weighted by molar-refractivity contribution is 0.250. The molecule has 7 nitrogen and oxygen atoms in total. The fourth-order valence-corrected chi connectivity index (χ4v) is 2.47. The number of hydrogen-bond acceptors (Lipinski definition) is 3. The SMILES string of the molecule is Cc1ccc(NC(=O)Nc2cc(C)n(C(=O)Nc3ccc(C)cc3)n2)cc1. The Kier molecular flexibility index (Phi) is 5.21. The van der Waals surface area contributed by atoms with Crippen LogP contribution in [-0.4, -0.2) is 21.8 Å². The first kappa shape index (κ1) is 18.2. The van der Waals surface area contributed by atoms with Crippen LogP contribution >= 0.6 is 0 Å². The van der Waals surface area contributed by atoms with Crippen molar-refractivity contribution in [2.75, 3.05) is 16.0 Å². The zero-order chi connectivity index (χ0) is 19.4. The molecule has 0 spiro atoms. The van der Waals surface area contributed by atoms with Gasteiger partial charge in [-0.25, -0.2) is 9.59 Å². The van der Waals surface area contributed by atoms with Gasteiger partial charge < -0.3 is 10.6 Å². The third kappa shape index (κ3) is 4.72. The molecule has 0 aliphatic rings. The van der Waals surface area contributed by atoms with Crippen molar-refractivity contribution in [1.82, 2.24) is 9.78 Å². The normalized spacial score (nSPS) is 10.3. The Hall–Kier alpha value is -3.61. The van der Waals surface area contributed by atoms with E-state index in [0.29, 0.717) is 17.1 Å². The molecule has 0 radical (unpaired) electrons. The molecule has 2 aromatic carbocycles. The first-order valence-electron chi connectivity index (χ1n) is 8.50. The molecule has 1 aromatic heterocycles. The second-order valence-electron chi connectivity index (χ2n) is 6.32. The highest BCUT2D eigenvalue weighted by atomic mass is 16.2. The summed E-state index contributed by atoms with van der Waals surface area (Å²) < 4.78 is 1.21. The second-order valence-corrected chi connectivity index (χ2v) is 6.32. The Labute approximate surface area is 157 Å². The van der Waals surface area contributed by atoms with E-state index in [1.54, 1.807) is 13.0 Å². The quantitative estimate of drug-likeness (QED) is 0.639. The van der Waals surface area contributed by atoms with E-state index in [1.807, 2.05) is 62.4 Å². The molecule has 0 saturated carbocycles. The zero-order valence-electron chi connectivity index (χ0n) is 15.4. The van der Waals surface area contributed by atoms with E-state index in [9.17, 15) is 9.59 Å². The largest absolute Gasteiger partial charge is 0.346 e. The fourth-order valence-electron chi connectivity index (χ4n) is 2.47. The van der Waals surface area contributed by atoms with Gasteiger partial charge in [0.2, 0.25) is 0 Å². The summed E-state index contributed by atoms with van der Waals surface area (Å²) >= 11 is 0. The lowest BCUT2D eigenvalue weighted by Crippen LogP contribution is -2.23. The van der Waals surface area contributed by atoms with Crippen molar-refractivity contribution in [3.05, 3.63) is 71.4 Å². The predicted octanol–water partition coefficient (Wildman–Crippen LogP) is 4.53. The van der Waals surface area contributed by atoms with Gasteiger partial charge in [0.25, 0.3) is 0 Å². The van der Waals surface area contributed by atoms with E-state index in [2.05, 4.69) is 21.0 Å². The predicted molar refractivity (Wildman–Crippen MR) is 106 cm³/mol. The summed E-state index contributed by atoms with van der Waals surface area (Å²) in [5.41, 5.74) is 4.16. The molecule has 3 N–H and O–H groups in total. The van der Waals surface area contributed by atoms with Crippen LogP contribution in [0.2, 0.25) is 0 Å². The maximum atomic E-state index is 12.4. The molecule has 0 aliphatic heterocycles. The van der Waals surface area contributed by atoms with Gasteiger partial charge in [-0.1, -0.05) is 35.4 Å². The Morgan fingerprint density at radius 1 is 0.778 bits per heavy atom. The molecular weight excluding hydrogens is 342 g/mol. The van der Waals surface area contributed by atoms with E-state index in [1.165, 1.54) is 4.68 Å². The third-order valence-corrected chi connectivity index (χ3v) is 3.93. The summed E-state index contributed by atoms with van der Waals surface area (Å²) in [5, 5.41) is 12.3. The summed E-state index contributed by atoms with van der Waals surface area (Å²) in [4.78, 5) is 24.5. The van der Waals surface area contributed by atoms with Crippen molar-refractivity contribution in [3.63, 3.8) is 0 Å². The molecule has 138 valence electrons. The van der Waals surface area contributed by atoms with Gasteiger partial charge in [0.15, 0.2) is 5.82 Å². The second kappa shape index (κ2) is 7.74. The Bertz CT molecular complexity index is 959. The molecule has 0 saturated heterocycles. The van der Waals surface area contributed by atoms with E-state index in [4.69, 9.17) is 0 Å². The smallest absolute Gasteiger partial charge is 0.308 e. The highest BCUT2D eigenvalue weighted by Gasteiger charge is 2.13. The van der Waals surface area contributed by atoms with Crippen LogP contribution in [0.5, 0.6) is 0 Å². The van der Waals surface area contributed by atoms with Gasteiger partial charge >= 0.3 is 12.1 Å². The van der Waals surface area contributed by atoms with Crippen LogP contribution in [0.15, 0.2) is 54.6 Å². The minimum Gasteiger partial charge on any atom is -0.308 e. The molecule has 7 heteroatoms. The maximum Gasteiger partial charge on any atom is 0.346 e. The topological polar surface area (TPSA) is 88.0 Å². The molecular formula is C20H21N5O2. The summed E-state index contributed by atoms with van der Waals surface area (Å²) in [6.45, 7) is 5.69. The van der Waals surface area contributed by atoms with Crippen molar-refractivity contribution in [3.8, 4) is 0 Å². The van der Waals surface area contributed by atoms with Crippen LogP contribution in [-0.2, 0) is 0 Å². The number of nitrogens with one attached hydrogen (secondary N) is 3. The number of aryl methyl sites for hydroxylation is 3. The highest BCUT2D eigenvalue weighted by molar-refractivity contribution is 5.99. The van der Waals surface area contributed by atoms with Gasteiger partial charge in [-0.15, -0.1) is 5.10 Å². The summed E-state index contributed by atoms with van der Waals surface area (Å²) in [5.74, 6) is 0.288. The number of carbonyl (C=O) groups is 2. The molecule has 0 atom stereocenters. The van der Waals surface area contributed by atoms with Gasteiger partial charge in [0.05, 0.1) is 0 Å². The minimum absolute atomic E-state index is 0.288. The average Bonchev–Trinajstić information content (AvgIpc) is 2.99. The van der Waals surface area contributed by atoms with Crippen LogP contribution < -0.4 is 16.0 Å². The van der Waals surface area contributed by atoms with Crippen molar-refractivity contribution < 1.29 is 9.59 Å². The number of amides is 3. The number of urea groups is 1. The molecule has 1 heterocycles. The number of nitrogens with zero attached hydrogens (tertiary/aromatic N) is 2. The summed E-state index contributed by atoms with van der Waals surface area (Å²) in [6.07, 6.45) is 0. The third-order valence-electron chi connectivity index (χ3n) is 3.93. The molecule has 0 fully saturated rings. The van der Waals surface area contributed by atoms with Gasteiger partial charge in [0, 0.05) is 23.1 Å². The van der Waals surface area contributed by atoms with Crippen molar-refractivity contribution in [1.29, 1.82) is 0 Å². The Balaban J connectivity index is 1.64. The first-order valence-corrected chi connectivity index (χ1v) is 8.50. The van der Waals surface area contributed by atoms with Gasteiger partial charge in [-0.2, -0.15) is 4.68 Å². The van der Waals surface area contributed by atoms with Crippen LogP contribution in [0.1, 0.15) is 16.8 Å². The van der Waals surface area contributed by atoms with Crippen molar-refractivity contribution >= 4 is 29.3 Å². The van der Waals surface area contributed by atoms with Crippen molar-refractivity contribution in [2.24, 2.45) is 0 Å². The van der Waals surface area contributed by atoms with E-state index >= 15 is 0 Å². The maximum absolute atomic E-state index is 12.4. The number of anilines is 3.